The summed E-state index contributed by atoms with van der Waals surface area (Å²) in [5.41, 5.74) is 9.90. The minimum Gasteiger partial charge on any atom is -0.398 e. The Labute approximate surface area is 93.7 Å². The lowest BCUT2D eigenvalue weighted by Gasteiger charge is -2.02. The summed E-state index contributed by atoms with van der Waals surface area (Å²) >= 11 is 0. The third kappa shape index (κ3) is 1.27. The number of rotatable bonds is 1. The molecule has 1 radical (unpaired) electrons. The van der Waals surface area contributed by atoms with Crippen LogP contribution in [0.1, 0.15) is 0 Å². The molecule has 0 amide bonds. The highest BCUT2D eigenvalue weighted by Crippen LogP contribution is 2.31. The molecule has 2 aromatic carbocycles. The maximum Gasteiger partial charge on any atom is 0.0460 e. The van der Waals surface area contributed by atoms with Gasteiger partial charge in [0.05, 0.1) is 0 Å². The first-order chi connectivity index (χ1) is 7.86. The minimum atomic E-state index is 0.757. The van der Waals surface area contributed by atoms with Crippen LogP contribution in [0.5, 0.6) is 0 Å². The average molecular weight is 207 g/mol. The topological polar surface area (TPSA) is 41.8 Å². The van der Waals surface area contributed by atoms with Gasteiger partial charge in [0.15, 0.2) is 0 Å². The molecule has 3 aromatic rings. The van der Waals surface area contributed by atoms with Crippen molar-refractivity contribution in [1.29, 1.82) is 0 Å². The van der Waals surface area contributed by atoms with Crippen molar-refractivity contribution in [2.24, 2.45) is 0 Å². The number of hydrogen-bond donors (Lipinski definition) is 2. The summed E-state index contributed by atoms with van der Waals surface area (Å²) in [6.07, 6.45) is 1.98. The largest absolute Gasteiger partial charge is 0.398 e. The first-order valence-electron chi connectivity index (χ1n) is 5.19. The number of fused-ring (bicyclic) bond motifs is 1. The third-order valence-electron chi connectivity index (χ3n) is 2.75. The Morgan fingerprint density at radius 1 is 1.06 bits per heavy atom. The number of nitrogens with two attached hydrogens (primary N) is 1. The molecular weight excluding hydrogens is 196 g/mol. The van der Waals surface area contributed by atoms with Crippen LogP contribution >= 0.6 is 0 Å². The number of para-hydroxylation sites is 1. The molecule has 3 rings (SSSR count). The number of H-pyrrole nitrogens is 1. The Balaban J connectivity index is 2.31. The predicted molar refractivity (Wildman–Crippen MR) is 67.0 cm³/mol. The molecule has 0 atom stereocenters. The smallest absolute Gasteiger partial charge is 0.0460 e. The van der Waals surface area contributed by atoms with E-state index in [9.17, 15) is 0 Å². The lowest BCUT2D eigenvalue weighted by atomic mass is 10.0. The Kier molecular flexibility index (Phi) is 1.93. The molecule has 0 aliphatic rings. The van der Waals surface area contributed by atoms with Gasteiger partial charge in [0.2, 0.25) is 0 Å². The van der Waals surface area contributed by atoms with Crippen LogP contribution in [0.15, 0.2) is 48.7 Å². The van der Waals surface area contributed by atoms with Crippen LogP contribution in [-0.4, -0.2) is 4.98 Å². The van der Waals surface area contributed by atoms with Crippen molar-refractivity contribution < 1.29 is 0 Å². The molecule has 1 heterocycles. The van der Waals surface area contributed by atoms with E-state index in [4.69, 9.17) is 5.73 Å². The molecule has 0 fully saturated rings. The number of anilines is 1. The molecule has 0 saturated heterocycles. The highest BCUT2D eigenvalue weighted by atomic mass is 14.7. The van der Waals surface area contributed by atoms with E-state index in [2.05, 4.69) is 23.2 Å². The van der Waals surface area contributed by atoms with Crippen molar-refractivity contribution in [3.8, 4) is 11.1 Å². The molecule has 0 bridgehead atoms. The van der Waals surface area contributed by atoms with Gasteiger partial charge in [-0.2, -0.15) is 0 Å². The average Bonchev–Trinajstić information content (AvgIpc) is 2.74. The number of benzene rings is 2. The Morgan fingerprint density at radius 3 is 2.81 bits per heavy atom. The van der Waals surface area contributed by atoms with Crippen molar-refractivity contribution in [1.82, 2.24) is 4.98 Å². The maximum absolute atomic E-state index is 5.96. The van der Waals surface area contributed by atoms with Gasteiger partial charge >= 0.3 is 0 Å². The number of nitrogen functional groups attached to an aromatic ring is 1. The second-order valence-electron chi connectivity index (χ2n) is 3.75. The molecule has 2 nitrogen and oxygen atoms in total. The molecule has 77 valence electrons. The van der Waals surface area contributed by atoms with E-state index in [0.717, 1.165) is 22.3 Å². The van der Waals surface area contributed by atoms with E-state index < -0.39 is 0 Å². The van der Waals surface area contributed by atoms with Crippen LogP contribution in [0.4, 0.5) is 5.69 Å². The quantitative estimate of drug-likeness (QED) is 0.591. The SMILES string of the molecule is Nc1ccc[c]c1-c1c[nH]c2ccccc12. The zero-order valence-electron chi connectivity index (χ0n) is 8.70. The molecule has 16 heavy (non-hydrogen) atoms. The molecule has 0 aliphatic heterocycles. The van der Waals surface area contributed by atoms with E-state index >= 15 is 0 Å². The Bertz CT molecular complexity index is 638. The first-order valence-corrected chi connectivity index (χ1v) is 5.19. The molecule has 0 aliphatic carbocycles. The molecule has 3 N–H and O–H groups in total. The number of aromatic amines is 1. The van der Waals surface area contributed by atoms with E-state index in [0.29, 0.717) is 0 Å². The second kappa shape index (κ2) is 3.42. The highest BCUT2D eigenvalue weighted by molar-refractivity contribution is 5.98. The van der Waals surface area contributed by atoms with Gasteiger partial charge in [0.25, 0.3) is 0 Å². The van der Waals surface area contributed by atoms with Gasteiger partial charge in [-0.05, 0) is 18.2 Å². The fourth-order valence-corrected chi connectivity index (χ4v) is 1.96. The summed E-state index contributed by atoms with van der Waals surface area (Å²) in [6, 6.07) is 17.0. The van der Waals surface area contributed by atoms with Crippen LogP contribution in [0.25, 0.3) is 22.0 Å². The zero-order valence-corrected chi connectivity index (χ0v) is 8.70. The van der Waals surface area contributed by atoms with E-state index in [1.165, 1.54) is 5.39 Å². The molecule has 0 saturated carbocycles. The normalized spacial score (nSPS) is 10.8. The summed E-state index contributed by atoms with van der Waals surface area (Å²) in [7, 11) is 0. The molecule has 2 heteroatoms. The summed E-state index contributed by atoms with van der Waals surface area (Å²) in [5.74, 6) is 0. The minimum absolute atomic E-state index is 0.757. The van der Waals surface area contributed by atoms with Gasteiger partial charge in [-0.25, -0.2) is 0 Å². The molecule has 0 spiro atoms. The number of hydrogen-bond acceptors (Lipinski definition) is 1. The highest BCUT2D eigenvalue weighted by Gasteiger charge is 2.07. The van der Waals surface area contributed by atoms with Crippen molar-refractivity contribution >= 4 is 16.6 Å². The third-order valence-corrected chi connectivity index (χ3v) is 2.75. The van der Waals surface area contributed by atoms with Crippen molar-refractivity contribution in [2.75, 3.05) is 5.73 Å². The standard InChI is InChI=1S/C14H11N2/c15-13-7-3-1-5-10(13)12-9-16-14-8-4-2-6-11(12)14/h1-4,6-9,16H,15H2. The molecular formula is C14H11N2. The monoisotopic (exact) mass is 207 g/mol. The Morgan fingerprint density at radius 2 is 1.94 bits per heavy atom. The second-order valence-corrected chi connectivity index (χ2v) is 3.75. The van der Waals surface area contributed by atoms with E-state index in [1.54, 1.807) is 0 Å². The number of aromatic nitrogens is 1. The van der Waals surface area contributed by atoms with E-state index in [-0.39, 0.29) is 0 Å². The van der Waals surface area contributed by atoms with Crippen LogP contribution in [-0.2, 0) is 0 Å². The fraction of sp³-hybridized carbons (Fsp3) is 0. The number of nitrogens with one attached hydrogen (secondary N) is 1. The lowest BCUT2D eigenvalue weighted by Crippen LogP contribution is -1.88. The Hall–Kier alpha value is -2.22. The molecule has 1 aromatic heterocycles. The summed E-state index contributed by atoms with van der Waals surface area (Å²) < 4.78 is 0. The zero-order chi connectivity index (χ0) is 11.0. The summed E-state index contributed by atoms with van der Waals surface area (Å²) in [5, 5.41) is 1.18. The summed E-state index contributed by atoms with van der Waals surface area (Å²) in [6.45, 7) is 0. The summed E-state index contributed by atoms with van der Waals surface area (Å²) in [4.78, 5) is 3.24. The van der Waals surface area contributed by atoms with Gasteiger partial charge in [-0.1, -0.05) is 30.3 Å². The fourth-order valence-electron chi connectivity index (χ4n) is 1.96. The van der Waals surface area contributed by atoms with Gasteiger partial charge in [-0.3, -0.25) is 0 Å². The van der Waals surface area contributed by atoms with Gasteiger partial charge in [0.1, 0.15) is 0 Å². The van der Waals surface area contributed by atoms with Crippen LogP contribution < -0.4 is 5.73 Å². The van der Waals surface area contributed by atoms with Crippen molar-refractivity contribution in [2.45, 2.75) is 0 Å². The predicted octanol–water partition coefficient (Wildman–Crippen LogP) is 3.22. The van der Waals surface area contributed by atoms with Gasteiger partial charge in [0, 0.05) is 33.9 Å². The first kappa shape index (κ1) is 9.04. The van der Waals surface area contributed by atoms with Crippen LogP contribution in [0.2, 0.25) is 0 Å². The maximum atomic E-state index is 5.96. The van der Waals surface area contributed by atoms with E-state index in [1.807, 2.05) is 36.5 Å². The van der Waals surface area contributed by atoms with Gasteiger partial charge in [-0.15, -0.1) is 0 Å². The van der Waals surface area contributed by atoms with Crippen molar-refractivity contribution in [3.05, 3.63) is 54.7 Å². The van der Waals surface area contributed by atoms with Gasteiger partial charge < -0.3 is 10.7 Å². The lowest BCUT2D eigenvalue weighted by molar-refractivity contribution is 1.47. The molecule has 0 unspecified atom stereocenters. The van der Waals surface area contributed by atoms with Crippen molar-refractivity contribution in [3.63, 3.8) is 0 Å². The van der Waals surface area contributed by atoms with Crippen LogP contribution in [0.3, 0.4) is 0 Å². The van der Waals surface area contributed by atoms with Crippen LogP contribution in [0, 0.1) is 6.07 Å².